The number of nitrogens with zero attached hydrogens (tertiary/aromatic N) is 2. The minimum atomic E-state index is 0.876. The molecule has 0 aliphatic carbocycles. The average Bonchev–Trinajstić information content (AvgIpc) is 2.57. The van der Waals surface area contributed by atoms with Crippen molar-refractivity contribution in [1.82, 2.24) is 14.9 Å². The van der Waals surface area contributed by atoms with Gasteiger partial charge in [-0.05, 0) is 28.1 Å². The maximum Gasteiger partial charge on any atom is 0.123 e. The largest absolute Gasteiger partial charge is 0.325 e. The fourth-order valence-corrected chi connectivity index (χ4v) is 2.53. The summed E-state index contributed by atoms with van der Waals surface area (Å²) in [5, 5.41) is 3.32. The van der Waals surface area contributed by atoms with Gasteiger partial charge in [-0.3, -0.25) is 0 Å². The lowest BCUT2D eigenvalue weighted by atomic mass is 10.3. The molecule has 1 aliphatic rings. The van der Waals surface area contributed by atoms with Crippen LogP contribution in [0.1, 0.15) is 5.82 Å². The van der Waals surface area contributed by atoms with E-state index in [0.29, 0.717) is 0 Å². The number of para-hydroxylation sites is 1. The van der Waals surface area contributed by atoms with Crippen molar-refractivity contribution >= 4 is 27.0 Å². The van der Waals surface area contributed by atoms with Crippen LogP contribution in [0.2, 0.25) is 0 Å². The fraction of sp³-hybridized carbons (Fsp3) is 0.300. The summed E-state index contributed by atoms with van der Waals surface area (Å²) in [6, 6.07) is 6.16. The highest BCUT2D eigenvalue weighted by molar-refractivity contribution is 9.10. The van der Waals surface area contributed by atoms with Gasteiger partial charge in [-0.25, -0.2) is 4.98 Å². The lowest BCUT2D eigenvalue weighted by Crippen LogP contribution is -2.28. The molecule has 1 N–H and O–H groups in total. The van der Waals surface area contributed by atoms with E-state index in [1.807, 2.05) is 6.07 Å². The molecule has 14 heavy (non-hydrogen) atoms. The molecule has 0 saturated heterocycles. The van der Waals surface area contributed by atoms with Crippen molar-refractivity contribution in [3.8, 4) is 0 Å². The predicted molar refractivity (Wildman–Crippen MR) is 59.1 cm³/mol. The minimum absolute atomic E-state index is 0.876. The molecule has 2 heterocycles. The highest BCUT2D eigenvalue weighted by Gasteiger charge is 2.15. The first kappa shape index (κ1) is 8.44. The molecule has 1 aromatic heterocycles. The fourth-order valence-electron chi connectivity index (χ4n) is 1.96. The first-order valence-corrected chi connectivity index (χ1v) is 5.50. The first-order valence-electron chi connectivity index (χ1n) is 4.70. The van der Waals surface area contributed by atoms with Gasteiger partial charge in [0.15, 0.2) is 0 Å². The van der Waals surface area contributed by atoms with Crippen molar-refractivity contribution in [2.45, 2.75) is 13.1 Å². The Balaban J connectivity index is 2.38. The zero-order chi connectivity index (χ0) is 9.54. The van der Waals surface area contributed by atoms with Crippen molar-refractivity contribution in [2.75, 3.05) is 6.54 Å². The maximum atomic E-state index is 4.58. The molecule has 4 heteroatoms. The van der Waals surface area contributed by atoms with Gasteiger partial charge < -0.3 is 9.88 Å². The second-order valence-corrected chi connectivity index (χ2v) is 4.32. The lowest BCUT2D eigenvalue weighted by Gasteiger charge is -2.15. The van der Waals surface area contributed by atoms with E-state index >= 15 is 0 Å². The van der Waals surface area contributed by atoms with Gasteiger partial charge in [0.05, 0.1) is 17.6 Å². The molecule has 72 valence electrons. The van der Waals surface area contributed by atoms with Crippen LogP contribution >= 0.6 is 15.9 Å². The number of imidazole rings is 1. The molecule has 1 aromatic carbocycles. The molecule has 0 spiro atoms. The molecular formula is C10H10BrN3. The molecule has 0 radical (unpaired) electrons. The molecule has 1 aliphatic heterocycles. The van der Waals surface area contributed by atoms with Crippen molar-refractivity contribution in [2.24, 2.45) is 0 Å². The normalized spacial score (nSPS) is 15.8. The van der Waals surface area contributed by atoms with Gasteiger partial charge in [-0.1, -0.05) is 6.07 Å². The molecule has 3 nitrogen and oxygen atoms in total. The van der Waals surface area contributed by atoms with Crippen LogP contribution in [0.4, 0.5) is 0 Å². The van der Waals surface area contributed by atoms with Crippen LogP contribution in [0.3, 0.4) is 0 Å². The highest BCUT2D eigenvalue weighted by atomic mass is 79.9. The van der Waals surface area contributed by atoms with Gasteiger partial charge >= 0.3 is 0 Å². The molecule has 0 fully saturated rings. The molecule has 0 unspecified atom stereocenters. The van der Waals surface area contributed by atoms with E-state index in [2.05, 4.69) is 42.9 Å². The summed E-state index contributed by atoms with van der Waals surface area (Å²) in [4.78, 5) is 4.58. The van der Waals surface area contributed by atoms with Crippen LogP contribution < -0.4 is 5.32 Å². The number of nitrogens with one attached hydrogen (secondary N) is 1. The van der Waals surface area contributed by atoms with Crippen LogP contribution in [0.25, 0.3) is 11.0 Å². The zero-order valence-corrected chi connectivity index (χ0v) is 9.21. The SMILES string of the molecule is Brc1cccc2nc3n(c12)CCNC3. The Morgan fingerprint density at radius 3 is 3.29 bits per heavy atom. The molecule has 0 bridgehead atoms. The number of aromatic nitrogens is 2. The van der Waals surface area contributed by atoms with E-state index in [1.165, 1.54) is 5.52 Å². The van der Waals surface area contributed by atoms with Crippen LogP contribution in [0, 0.1) is 0 Å². The van der Waals surface area contributed by atoms with E-state index in [0.717, 1.165) is 35.4 Å². The van der Waals surface area contributed by atoms with Gasteiger partial charge in [0.25, 0.3) is 0 Å². The molecule has 0 amide bonds. The summed E-state index contributed by atoms with van der Waals surface area (Å²) in [5.41, 5.74) is 2.31. The average molecular weight is 252 g/mol. The van der Waals surface area contributed by atoms with Crippen LogP contribution in [0.5, 0.6) is 0 Å². The highest BCUT2D eigenvalue weighted by Crippen LogP contribution is 2.25. The molecule has 0 saturated carbocycles. The monoisotopic (exact) mass is 251 g/mol. The van der Waals surface area contributed by atoms with E-state index in [4.69, 9.17) is 0 Å². The Morgan fingerprint density at radius 1 is 1.43 bits per heavy atom. The van der Waals surface area contributed by atoms with Gasteiger partial charge in [0.2, 0.25) is 0 Å². The van der Waals surface area contributed by atoms with Gasteiger partial charge in [0, 0.05) is 17.6 Å². The van der Waals surface area contributed by atoms with Crippen molar-refractivity contribution in [3.63, 3.8) is 0 Å². The summed E-state index contributed by atoms with van der Waals surface area (Å²) in [6.07, 6.45) is 0. The van der Waals surface area contributed by atoms with Crippen molar-refractivity contribution < 1.29 is 0 Å². The van der Waals surface area contributed by atoms with E-state index in [1.54, 1.807) is 0 Å². The second kappa shape index (κ2) is 3.07. The number of halogens is 1. The Hall–Kier alpha value is -0.870. The quantitative estimate of drug-likeness (QED) is 0.776. The van der Waals surface area contributed by atoms with E-state index in [-0.39, 0.29) is 0 Å². The molecular weight excluding hydrogens is 242 g/mol. The van der Waals surface area contributed by atoms with Crippen LogP contribution in [0.15, 0.2) is 22.7 Å². The molecule has 0 atom stereocenters. The number of fused-ring (bicyclic) bond motifs is 3. The molecule has 3 rings (SSSR count). The van der Waals surface area contributed by atoms with E-state index in [9.17, 15) is 0 Å². The number of hydrogen-bond donors (Lipinski definition) is 1. The third kappa shape index (κ3) is 1.11. The van der Waals surface area contributed by atoms with Gasteiger partial charge in [-0.15, -0.1) is 0 Å². The van der Waals surface area contributed by atoms with Crippen molar-refractivity contribution in [3.05, 3.63) is 28.5 Å². The second-order valence-electron chi connectivity index (χ2n) is 3.46. The Labute approximate surface area is 90.3 Å². The molecule has 2 aromatic rings. The Bertz CT molecular complexity index is 489. The van der Waals surface area contributed by atoms with E-state index < -0.39 is 0 Å². The number of hydrogen-bond acceptors (Lipinski definition) is 2. The topological polar surface area (TPSA) is 29.9 Å². The van der Waals surface area contributed by atoms with Crippen LogP contribution in [-0.2, 0) is 13.1 Å². The predicted octanol–water partition coefficient (Wildman–Crippen LogP) is 1.90. The number of benzene rings is 1. The third-order valence-electron chi connectivity index (χ3n) is 2.59. The Morgan fingerprint density at radius 2 is 2.36 bits per heavy atom. The van der Waals surface area contributed by atoms with Gasteiger partial charge in [-0.2, -0.15) is 0 Å². The summed E-state index contributed by atoms with van der Waals surface area (Å²) in [6.45, 7) is 2.91. The minimum Gasteiger partial charge on any atom is -0.325 e. The summed E-state index contributed by atoms with van der Waals surface area (Å²) in [7, 11) is 0. The summed E-state index contributed by atoms with van der Waals surface area (Å²) in [5.74, 6) is 1.14. The first-order chi connectivity index (χ1) is 6.86. The Kier molecular flexibility index (Phi) is 1.85. The standard InChI is InChI=1S/C10H10BrN3/c11-7-2-1-3-8-10(7)14-5-4-12-6-9(14)13-8/h1-3,12H,4-6H2. The van der Waals surface area contributed by atoms with Crippen molar-refractivity contribution in [1.29, 1.82) is 0 Å². The zero-order valence-electron chi connectivity index (χ0n) is 7.63. The van der Waals surface area contributed by atoms with Crippen LogP contribution in [-0.4, -0.2) is 16.1 Å². The smallest absolute Gasteiger partial charge is 0.123 e. The van der Waals surface area contributed by atoms with Gasteiger partial charge in [0.1, 0.15) is 5.82 Å². The summed E-state index contributed by atoms with van der Waals surface area (Å²) >= 11 is 3.57. The summed E-state index contributed by atoms with van der Waals surface area (Å²) < 4.78 is 3.42. The lowest BCUT2D eigenvalue weighted by molar-refractivity contribution is 0.514. The number of rotatable bonds is 0. The third-order valence-corrected chi connectivity index (χ3v) is 3.23. The maximum absolute atomic E-state index is 4.58.